The molecule has 120 valence electrons. The zero-order valence-corrected chi connectivity index (χ0v) is 12.7. The Morgan fingerprint density at radius 1 is 0.650 bits per heavy atom. The van der Waals surface area contributed by atoms with Crippen LogP contribution in [0.1, 0.15) is 20.3 Å². The highest BCUT2D eigenvalue weighted by molar-refractivity contribution is 5.76. The minimum Gasteiger partial charge on any atom is -0.379 e. The van der Waals surface area contributed by atoms with E-state index in [9.17, 15) is 4.79 Å². The molecule has 0 saturated heterocycles. The molecule has 0 fully saturated rings. The third-order valence-corrected chi connectivity index (χ3v) is 2.14. The van der Waals surface area contributed by atoms with Crippen LogP contribution >= 0.6 is 0 Å². The maximum Gasteiger partial charge on any atom is 0.155 e. The van der Waals surface area contributed by atoms with Crippen LogP contribution in [0.3, 0.4) is 0 Å². The summed E-state index contributed by atoms with van der Waals surface area (Å²) in [6, 6.07) is 0. The van der Waals surface area contributed by atoms with Crippen molar-refractivity contribution in [3.63, 3.8) is 0 Å². The van der Waals surface area contributed by atoms with Crippen molar-refractivity contribution in [2.75, 3.05) is 66.1 Å². The lowest BCUT2D eigenvalue weighted by Gasteiger charge is -2.07. The Morgan fingerprint density at radius 3 is 1.35 bits per heavy atom. The Morgan fingerprint density at radius 2 is 1.00 bits per heavy atom. The molecular weight excluding hydrogens is 264 g/mol. The monoisotopic (exact) mass is 292 g/mol. The molecule has 0 aliphatic carbocycles. The predicted molar refractivity (Wildman–Crippen MR) is 75.1 cm³/mol. The fraction of sp³-hybridized carbons (Fsp3) is 0.929. The molecule has 0 bridgehead atoms. The van der Waals surface area contributed by atoms with E-state index in [-0.39, 0.29) is 12.4 Å². The van der Waals surface area contributed by atoms with E-state index in [0.29, 0.717) is 52.9 Å². The molecule has 6 nitrogen and oxygen atoms in total. The molecule has 0 rings (SSSR count). The Bertz CT molecular complexity index is 210. The van der Waals surface area contributed by atoms with Gasteiger partial charge in [0.25, 0.3) is 0 Å². The van der Waals surface area contributed by atoms with E-state index in [0.717, 1.165) is 13.0 Å². The average Bonchev–Trinajstić information content (AvgIpc) is 2.43. The first-order valence-corrected chi connectivity index (χ1v) is 7.15. The maximum atomic E-state index is 10.6. The quantitative estimate of drug-likeness (QED) is 0.397. The first kappa shape index (κ1) is 19.5. The van der Waals surface area contributed by atoms with E-state index in [1.807, 2.05) is 0 Å². The van der Waals surface area contributed by atoms with Crippen LogP contribution in [0.2, 0.25) is 0 Å². The van der Waals surface area contributed by atoms with Crippen molar-refractivity contribution in [1.82, 2.24) is 0 Å². The maximum absolute atomic E-state index is 10.6. The number of ketones is 1. The largest absolute Gasteiger partial charge is 0.379 e. The molecule has 6 heteroatoms. The standard InChI is InChI=1S/C14H28O6/c1-3-4-16-5-6-17-7-8-18-9-10-19-11-12-20-13-14(2)15/h3-13H2,1-2H3. The number of Topliss-reactive ketones (excluding diaryl/α,β-unsaturated/α-hetero) is 1. The molecule has 0 spiro atoms. The molecule has 0 heterocycles. The molecule has 0 aliphatic heterocycles. The molecule has 0 saturated carbocycles. The first-order valence-electron chi connectivity index (χ1n) is 7.15. The fourth-order valence-corrected chi connectivity index (χ4v) is 1.24. The summed E-state index contributed by atoms with van der Waals surface area (Å²) in [5.74, 6) is 0.0217. The van der Waals surface area contributed by atoms with E-state index in [1.54, 1.807) is 0 Å². The van der Waals surface area contributed by atoms with E-state index < -0.39 is 0 Å². The van der Waals surface area contributed by atoms with Gasteiger partial charge >= 0.3 is 0 Å². The molecule has 0 N–H and O–H groups in total. The molecule has 0 amide bonds. The minimum absolute atomic E-state index is 0.0217. The molecule has 0 atom stereocenters. The van der Waals surface area contributed by atoms with Gasteiger partial charge in [-0.2, -0.15) is 0 Å². The second-order valence-corrected chi connectivity index (χ2v) is 4.20. The highest BCUT2D eigenvalue weighted by Gasteiger charge is 1.94. The Balaban J connectivity index is 2.94. The summed E-state index contributed by atoms with van der Waals surface area (Å²) in [6.07, 6.45) is 1.03. The Kier molecular flexibility index (Phi) is 16.1. The molecule has 0 aromatic carbocycles. The van der Waals surface area contributed by atoms with Gasteiger partial charge in [-0.15, -0.1) is 0 Å². The van der Waals surface area contributed by atoms with Crippen molar-refractivity contribution in [1.29, 1.82) is 0 Å². The fourth-order valence-electron chi connectivity index (χ4n) is 1.24. The van der Waals surface area contributed by atoms with E-state index >= 15 is 0 Å². The van der Waals surface area contributed by atoms with Crippen LogP contribution in [-0.4, -0.2) is 71.9 Å². The minimum atomic E-state index is 0.0217. The van der Waals surface area contributed by atoms with Crippen LogP contribution in [0.25, 0.3) is 0 Å². The topological polar surface area (TPSA) is 63.2 Å². The summed E-state index contributed by atoms with van der Waals surface area (Å²) in [7, 11) is 0. The molecular formula is C14H28O6. The van der Waals surface area contributed by atoms with E-state index in [1.165, 1.54) is 6.92 Å². The predicted octanol–water partition coefficient (Wildman–Crippen LogP) is 1.07. The third-order valence-electron chi connectivity index (χ3n) is 2.14. The number of carbonyl (C=O) groups excluding carboxylic acids is 1. The van der Waals surface area contributed by atoms with Crippen molar-refractivity contribution >= 4 is 5.78 Å². The molecule has 0 aromatic rings. The highest BCUT2D eigenvalue weighted by atomic mass is 16.6. The molecule has 0 aliphatic rings. The van der Waals surface area contributed by atoms with Crippen LogP contribution in [-0.2, 0) is 28.5 Å². The van der Waals surface area contributed by atoms with Crippen molar-refractivity contribution in [3.8, 4) is 0 Å². The Hall–Kier alpha value is -0.530. The lowest BCUT2D eigenvalue weighted by atomic mass is 10.5. The van der Waals surface area contributed by atoms with Gasteiger partial charge in [-0.05, 0) is 13.3 Å². The van der Waals surface area contributed by atoms with Crippen LogP contribution in [0.5, 0.6) is 0 Å². The summed E-state index contributed by atoms with van der Waals surface area (Å²) in [6.45, 7) is 8.82. The van der Waals surface area contributed by atoms with Gasteiger partial charge in [0.1, 0.15) is 6.61 Å². The van der Waals surface area contributed by atoms with Crippen molar-refractivity contribution < 1.29 is 28.5 Å². The lowest BCUT2D eigenvalue weighted by molar-refractivity contribution is -0.122. The Labute approximate surface area is 121 Å². The second kappa shape index (κ2) is 16.5. The number of hydrogen-bond donors (Lipinski definition) is 0. The van der Waals surface area contributed by atoms with Gasteiger partial charge in [0.2, 0.25) is 0 Å². The summed E-state index contributed by atoms with van der Waals surface area (Å²) in [5, 5.41) is 0. The van der Waals surface area contributed by atoms with Crippen molar-refractivity contribution in [2.45, 2.75) is 20.3 Å². The summed E-state index contributed by atoms with van der Waals surface area (Å²) in [5.41, 5.74) is 0. The summed E-state index contributed by atoms with van der Waals surface area (Å²) >= 11 is 0. The van der Waals surface area contributed by atoms with Crippen LogP contribution < -0.4 is 0 Å². The SMILES string of the molecule is CCCOCCOCCOCCOCCOCC(C)=O. The van der Waals surface area contributed by atoms with E-state index in [4.69, 9.17) is 23.7 Å². The van der Waals surface area contributed by atoms with Gasteiger partial charge in [0, 0.05) is 6.61 Å². The van der Waals surface area contributed by atoms with Gasteiger partial charge in [0.15, 0.2) is 5.78 Å². The van der Waals surface area contributed by atoms with Gasteiger partial charge in [-0.3, -0.25) is 4.79 Å². The average molecular weight is 292 g/mol. The van der Waals surface area contributed by atoms with Crippen molar-refractivity contribution in [3.05, 3.63) is 0 Å². The smallest absolute Gasteiger partial charge is 0.155 e. The zero-order valence-electron chi connectivity index (χ0n) is 12.7. The highest BCUT2D eigenvalue weighted by Crippen LogP contribution is 1.84. The zero-order chi connectivity index (χ0) is 14.9. The number of carbonyl (C=O) groups is 1. The summed E-state index contributed by atoms with van der Waals surface area (Å²) < 4.78 is 26.2. The van der Waals surface area contributed by atoms with Crippen LogP contribution in [0.4, 0.5) is 0 Å². The molecule has 20 heavy (non-hydrogen) atoms. The van der Waals surface area contributed by atoms with Gasteiger partial charge < -0.3 is 23.7 Å². The first-order chi connectivity index (χ1) is 9.77. The lowest BCUT2D eigenvalue weighted by Crippen LogP contribution is -2.14. The van der Waals surface area contributed by atoms with Gasteiger partial charge in [0.05, 0.1) is 52.9 Å². The van der Waals surface area contributed by atoms with Crippen LogP contribution in [0.15, 0.2) is 0 Å². The summed E-state index contributed by atoms with van der Waals surface area (Å²) in [4.78, 5) is 10.6. The molecule has 0 aromatic heterocycles. The normalized spacial score (nSPS) is 10.9. The van der Waals surface area contributed by atoms with Gasteiger partial charge in [-0.25, -0.2) is 0 Å². The van der Waals surface area contributed by atoms with Gasteiger partial charge in [-0.1, -0.05) is 6.92 Å². The number of ether oxygens (including phenoxy) is 5. The van der Waals surface area contributed by atoms with Crippen molar-refractivity contribution in [2.24, 2.45) is 0 Å². The molecule has 0 unspecified atom stereocenters. The third kappa shape index (κ3) is 17.5. The molecule has 0 radical (unpaired) electrons. The number of rotatable bonds is 16. The second-order valence-electron chi connectivity index (χ2n) is 4.20. The van der Waals surface area contributed by atoms with E-state index in [2.05, 4.69) is 6.92 Å². The number of hydrogen-bond acceptors (Lipinski definition) is 6. The van der Waals surface area contributed by atoms with Crippen LogP contribution in [0, 0.1) is 0 Å².